The molecule has 0 saturated carbocycles. The van der Waals surface area contributed by atoms with Gasteiger partial charge in [0.05, 0.1) is 30.1 Å². The summed E-state index contributed by atoms with van der Waals surface area (Å²) < 4.78 is 1.59. The van der Waals surface area contributed by atoms with Crippen LogP contribution in [0.2, 0.25) is 5.02 Å². The molecule has 0 spiro atoms. The second-order valence-corrected chi connectivity index (χ2v) is 11.0. The minimum absolute atomic E-state index is 0.148. The minimum atomic E-state index is -1.57. The molecule has 9 heteroatoms. The van der Waals surface area contributed by atoms with Gasteiger partial charge in [-0.25, -0.2) is 0 Å². The van der Waals surface area contributed by atoms with Crippen molar-refractivity contribution in [3.8, 4) is 11.1 Å². The molecule has 0 aliphatic carbocycles. The van der Waals surface area contributed by atoms with Crippen LogP contribution in [-0.2, 0) is 19.2 Å². The summed E-state index contributed by atoms with van der Waals surface area (Å²) in [4.78, 5) is 32.0. The molecular formula is C34H30ClN5O3. The normalized spacial score (nSPS) is 14.2. The summed E-state index contributed by atoms with van der Waals surface area (Å²) in [6.45, 7) is 0.838. The number of aromatic nitrogens is 2. The number of benzene rings is 3. The molecule has 1 unspecified atom stereocenters. The maximum Gasteiger partial charge on any atom is 0.251 e. The lowest BCUT2D eigenvalue weighted by atomic mass is 9.82. The molecule has 0 radical (unpaired) electrons. The zero-order valence-electron chi connectivity index (χ0n) is 23.7. The van der Waals surface area contributed by atoms with Crippen molar-refractivity contribution < 1.29 is 9.90 Å². The minimum Gasteiger partial charge on any atom is -0.374 e. The van der Waals surface area contributed by atoms with Gasteiger partial charge in [0.25, 0.3) is 11.5 Å². The van der Waals surface area contributed by atoms with E-state index in [1.807, 2.05) is 66.5 Å². The second kappa shape index (κ2) is 11.4. The van der Waals surface area contributed by atoms with E-state index in [0.29, 0.717) is 40.6 Å². The molecule has 1 aliphatic rings. The van der Waals surface area contributed by atoms with Gasteiger partial charge in [0.1, 0.15) is 0 Å². The lowest BCUT2D eigenvalue weighted by molar-refractivity contribution is 0.0923. The van der Waals surface area contributed by atoms with Crippen LogP contribution < -0.4 is 16.2 Å². The Hall–Kier alpha value is -4.92. The number of halogens is 1. The van der Waals surface area contributed by atoms with Crippen LogP contribution >= 0.6 is 11.6 Å². The lowest BCUT2D eigenvalue weighted by Gasteiger charge is -2.34. The average Bonchev–Trinajstić information content (AvgIpc) is 3.47. The highest BCUT2D eigenvalue weighted by Gasteiger charge is 2.40. The van der Waals surface area contributed by atoms with Crippen molar-refractivity contribution in [2.24, 2.45) is 7.05 Å². The predicted molar refractivity (Wildman–Crippen MR) is 168 cm³/mol. The van der Waals surface area contributed by atoms with Gasteiger partial charge in [0.2, 0.25) is 0 Å². The first kappa shape index (κ1) is 28.2. The third kappa shape index (κ3) is 5.27. The van der Waals surface area contributed by atoms with Gasteiger partial charge < -0.3 is 25.2 Å². The van der Waals surface area contributed by atoms with E-state index >= 15 is 0 Å². The van der Waals surface area contributed by atoms with Gasteiger partial charge in [-0.1, -0.05) is 48.0 Å². The second-order valence-electron chi connectivity index (χ2n) is 10.6. The Morgan fingerprint density at radius 1 is 1.00 bits per heavy atom. The molecule has 3 N–H and O–H groups in total. The van der Waals surface area contributed by atoms with Crippen molar-refractivity contribution in [1.82, 2.24) is 25.1 Å². The summed E-state index contributed by atoms with van der Waals surface area (Å²) in [5.74, 6) is -0.239. The van der Waals surface area contributed by atoms with E-state index < -0.39 is 5.60 Å². The van der Waals surface area contributed by atoms with Crippen LogP contribution in [0.3, 0.4) is 0 Å². The number of carbonyl (C=O) groups is 1. The molecule has 8 nitrogen and oxygen atoms in total. The number of aliphatic hydroxyl groups is 1. The quantitative estimate of drug-likeness (QED) is 0.253. The van der Waals surface area contributed by atoms with Gasteiger partial charge in [0, 0.05) is 48.5 Å². The summed E-state index contributed by atoms with van der Waals surface area (Å²) in [7, 11) is 3.63. The van der Waals surface area contributed by atoms with E-state index in [2.05, 4.69) is 15.6 Å². The van der Waals surface area contributed by atoms with E-state index in [0.717, 1.165) is 27.7 Å². The first-order valence-electron chi connectivity index (χ1n) is 13.8. The summed E-state index contributed by atoms with van der Waals surface area (Å²) in [5.41, 5.74) is 3.59. The topological polar surface area (TPSA) is 99.5 Å². The van der Waals surface area contributed by atoms with Crippen molar-refractivity contribution in [2.75, 3.05) is 13.7 Å². The van der Waals surface area contributed by atoms with Gasteiger partial charge in [-0.15, -0.1) is 0 Å². The first-order chi connectivity index (χ1) is 20.8. The fraction of sp³-hybridized carbons (Fsp3) is 0.147. The van der Waals surface area contributed by atoms with Gasteiger partial charge in [-0.2, -0.15) is 0 Å². The molecule has 3 aromatic carbocycles. The van der Waals surface area contributed by atoms with Crippen LogP contribution in [0.25, 0.3) is 22.0 Å². The Morgan fingerprint density at radius 2 is 1.79 bits per heavy atom. The number of hydrogen-bond acceptors (Lipinski definition) is 6. The van der Waals surface area contributed by atoms with Crippen LogP contribution in [0.5, 0.6) is 0 Å². The van der Waals surface area contributed by atoms with Crippen molar-refractivity contribution in [2.45, 2.75) is 12.1 Å². The predicted octanol–water partition coefficient (Wildman–Crippen LogP) is 4.75. The number of hydrogen-bond donors (Lipinski definition) is 3. The molecule has 0 saturated heterocycles. The fourth-order valence-electron chi connectivity index (χ4n) is 5.54. The van der Waals surface area contributed by atoms with E-state index in [-0.39, 0.29) is 11.5 Å². The fourth-order valence-corrected chi connectivity index (χ4v) is 5.73. The van der Waals surface area contributed by atoms with Crippen LogP contribution in [-0.4, -0.2) is 39.2 Å². The number of likely N-dealkylation sites (N-methyl/N-ethyl adjacent to an activating group) is 1. The number of aryl methyl sites for hydroxylation is 1. The SMILES string of the molecule is CN1CNC=C1C(O)(c1ccc(C(=O)NCc2ccccn2)cc1)c1ccc2c(c1)c(-c1cccc(Cl)c1)cc(=O)n2C. The third-order valence-electron chi connectivity index (χ3n) is 7.87. The number of nitrogens with one attached hydrogen (secondary N) is 2. The largest absolute Gasteiger partial charge is 0.374 e. The van der Waals surface area contributed by atoms with Crippen LogP contribution in [0.1, 0.15) is 27.2 Å². The van der Waals surface area contributed by atoms with Crippen molar-refractivity contribution in [3.05, 3.63) is 147 Å². The molecule has 2 aromatic heterocycles. The molecule has 3 heterocycles. The van der Waals surface area contributed by atoms with E-state index in [1.54, 1.807) is 60.4 Å². The molecule has 1 aliphatic heterocycles. The van der Waals surface area contributed by atoms with E-state index in [4.69, 9.17) is 11.6 Å². The third-order valence-corrected chi connectivity index (χ3v) is 8.11. The molecular weight excluding hydrogens is 562 g/mol. The Morgan fingerprint density at radius 3 is 2.49 bits per heavy atom. The number of nitrogens with zero attached hydrogens (tertiary/aromatic N) is 3. The smallest absolute Gasteiger partial charge is 0.251 e. The molecule has 1 atom stereocenters. The Labute approximate surface area is 253 Å². The van der Waals surface area contributed by atoms with E-state index in [9.17, 15) is 14.7 Å². The number of pyridine rings is 2. The molecule has 1 amide bonds. The van der Waals surface area contributed by atoms with E-state index in [1.165, 1.54) is 0 Å². The highest BCUT2D eigenvalue weighted by atomic mass is 35.5. The zero-order chi connectivity index (χ0) is 30.1. The number of carbonyl (C=O) groups excluding carboxylic acids is 1. The molecule has 5 aromatic rings. The standard InChI is InChI=1S/C34H30ClN5O3/c1-39-21-36-20-31(39)34(43,24-11-9-22(10-12-24)33(42)38-19-27-8-3-4-15-37-27)25-13-14-30-29(17-25)28(18-32(41)40(30)2)23-6-5-7-26(35)16-23/h3-18,20,36,43H,19,21H2,1-2H3,(H,38,42). The summed E-state index contributed by atoms with van der Waals surface area (Å²) >= 11 is 6.31. The maximum atomic E-state index is 12.9. The lowest BCUT2D eigenvalue weighted by Crippen LogP contribution is -2.36. The van der Waals surface area contributed by atoms with Gasteiger partial charge in [-0.3, -0.25) is 14.6 Å². The molecule has 6 rings (SSSR count). The van der Waals surface area contributed by atoms with Crippen LogP contribution in [0.4, 0.5) is 0 Å². The zero-order valence-corrected chi connectivity index (χ0v) is 24.5. The van der Waals surface area contributed by atoms with Crippen molar-refractivity contribution in [3.63, 3.8) is 0 Å². The summed E-state index contributed by atoms with van der Waals surface area (Å²) in [5, 5.41) is 20.1. The number of fused-ring (bicyclic) bond motifs is 1. The number of rotatable bonds is 7. The average molecular weight is 592 g/mol. The first-order valence-corrected chi connectivity index (χ1v) is 14.2. The maximum absolute atomic E-state index is 12.9. The molecule has 216 valence electrons. The Kier molecular flexibility index (Phi) is 7.48. The molecule has 0 bridgehead atoms. The highest BCUT2D eigenvalue weighted by molar-refractivity contribution is 6.30. The monoisotopic (exact) mass is 591 g/mol. The van der Waals surface area contributed by atoms with Crippen LogP contribution in [0, 0.1) is 0 Å². The van der Waals surface area contributed by atoms with Gasteiger partial charge in [-0.05, 0) is 70.8 Å². The molecule has 43 heavy (non-hydrogen) atoms. The Bertz CT molecular complexity index is 1920. The Balaban J connectivity index is 1.44. The summed E-state index contributed by atoms with van der Waals surface area (Å²) in [6.07, 6.45) is 3.49. The van der Waals surface area contributed by atoms with Crippen molar-refractivity contribution in [1.29, 1.82) is 0 Å². The highest BCUT2D eigenvalue weighted by Crippen LogP contribution is 2.41. The van der Waals surface area contributed by atoms with Gasteiger partial charge >= 0.3 is 0 Å². The number of amides is 1. The van der Waals surface area contributed by atoms with Gasteiger partial charge in [0.15, 0.2) is 5.60 Å². The summed E-state index contributed by atoms with van der Waals surface area (Å²) in [6, 6.07) is 27.1. The van der Waals surface area contributed by atoms with Crippen molar-refractivity contribution >= 4 is 28.4 Å². The molecule has 0 fully saturated rings. The van der Waals surface area contributed by atoms with Crippen LogP contribution in [0.15, 0.2) is 114 Å².